The Balaban J connectivity index is 2.22. The lowest BCUT2D eigenvalue weighted by molar-refractivity contribution is 0.601. The largest absolute Gasteiger partial charge is 0.307 e. The molecular formula is C11H13BrN4. The molecule has 2 aromatic rings. The minimum Gasteiger partial charge on any atom is -0.307 e. The van der Waals surface area contributed by atoms with E-state index in [0.717, 1.165) is 34.6 Å². The van der Waals surface area contributed by atoms with Gasteiger partial charge < -0.3 is 5.32 Å². The number of hydrogen-bond donors (Lipinski definition) is 1. The molecule has 1 aliphatic heterocycles. The zero-order chi connectivity index (χ0) is 11.1. The van der Waals surface area contributed by atoms with E-state index in [9.17, 15) is 0 Å². The maximum Gasteiger partial charge on any atom is 0.134 e. The van der Waals surface area contributed by atoms with E-state index in [1.165, 1.54) is 6.42 Å². The molecule has 3 heterocycles. The molecule has 4 nitrogen and oxygen atoms in total. The van der Waals surface area contributed by atoms with Gasteiger partial charge in [0, 0.05) is 12.4 Å². The lowest BCUT2D eigenvalue weighted by Crippen LogP contribution is -2.15. The summed E-state index contributed by atoms with van der Waals surface area (Å²) >= 11 is 3.52. The van der Waals surface area contributed by atoms with Crippen molar-refractivity contribution in [2.75, 3.05) is 6.54 Å². The lowest BCUT2D eigenvalue weighted by Gasteiger charge is -2.08. The van der Waals surface area contributed by atoms with Crippen LogP contribution in [0.1, 0.15) is 30.4 Å². The van der Waals surface area contributed by atoms with Crippen LogP contribution >= 0.6 is 15.9 Å². The Morgan fingerprint density at radius 2 is 2.44 bits per heavy atom. The van der Waals surface area contributed by atoms with Crippen LogP contribution in [-0.4, -0.2) is 20.9 Å². The Labute approximate surface area is 102 Å². The first-order valence-corrected chi connectivity index (χ1v) is 6.29. The van der Waals surface area contributed by atoms with Gasteiger partial charge in [-0.15, -0.1) is 0 Å². The van der Waals surface area contributed by atoms with Crippen LogP contribution in [0.25, 0.3) is 5.52 Å². The van der Waals surface area contributed by atoms with E-state index < -0.39 is 0 Å². The van der Waals surface area contributed by atoms with Crippen LogP contribution < -0.4 is 5.32 Å². The molecule has 0 radical (unpaired) electrons. The van der Waals surface area contributed by atoms with E-state index in [4.69, 9.17) is 0 Å². The van der Waals surface area contributed by atoms with Crippen molar-refractivity contribution in [2.45, 2.75) is 25.8 Å². The second-order valence-electron chi connectivity index (χ2n) is 4.14. The Morgan fingerprint density at radius 3 is 3.19 bits per heavy atom. The number of imidazole rings is 1. The van der Waals surface area contributed by atoms with Gasteiger partial charge in [0.15, 0.2) is 0 Å². The molecule has 1 saturated heterocycles. The van der Waals surface area contributed by atoms with Crippen LogP contribution in [-0.2, 0) is 0 Å². The van der Waals surface area contributed by atoms with Crippen molar-refractivity contribution < 1.29 is 0 Å². The standard InChI is InChI=1S/C11H13BrN4/c1-7-9-10(12)15-11(8-3-2-4-14-8)16(9)6-5-13-7/h5-6,8,14H,2-4H2,1H3/t8-/m0/s1. The molecule has 0 bridgehead atoms. The summed E-state index contributed by atoms with van der Waals surface area (Å²) in [6.07, 6.45) is 6.19. The van der Waals surface area contributed by atoms with E-state index in [-0.39, 0.29) is 0 Å². The van der Waals surface area contributed by atoms with Gasteiger partial charge in [-0.25, -0.2) is 4.98 Å². The van der Waals surface area contributed by atoms with Crippen LogP contribution in [0, 0.1) is 6.92 Å². The SMILES string of the molecule is Cc1nccn2c([C@@H]3CCCN3)nc(Br)c12. The fourth-order valence-electron chi connectivity index (χ4n) is 2.32. The molecule has 0 amide bonds. The number of halogens is 1. The minimum absolute atomic E-state index is 0.376. The first-order valence-electron chi connectivity index (χ1n) is 5.50. The van der Waals surface area contributed by atoms with Crippen LogP contribution in [0.15, 0.2) is 17.0 Å². The number of aryl methyl sites for hydroxylation is 1. The monoisotopic (exact) mass is 280 g/mol. The summed E-state index contributed by atoms with van der Waals surface area (Å²) in [4.78, 5) is 8.91. The van der Waals surface area contributed by atoms with Crippen molar-refractivity contribution in [3.63, 3.8) is 0 Å². The van der Waals surface area contributed by atoms with E-state index in [0.29, 0.717) is 6.04 Å². The second-order valence-corrected chi connectivity index (χ2v) is 4.89. The Bertz CT molecular complexity index is 528. The number of nitrogens with one attached hydrogen (secondary N) is 1. The minimum atomic E-state index is 0.376. The first kappa shape index (κ1) is 10.2. The maximum absolute atomic E-state index is 4.61. The Kier molecular flexibility index (Phi) is 2.44. The molecule has 2 aromatic heterocycles. The molecule has 0 aromatic carbocycles. The average Bonchev–Trinajstić information content (AvgIpc) is 2.86. The van der Waals surface area contributed by atoms with Crippen molar-refractivity contribution in [3.05, 3.63) is 28.5 Å². The van der Waals surface area contributed by atoms with Crippen molar-refractivity contribution in [1.29, 1.82) is 0 Å². The molecule has 84 valence electrons. The Morgan fingerprint density at radius 1 is 1.56 bits per heavy atom. The van der Waals surface area contributed by atoms with E-state index in [1.807, 2.05) is 19.3 Å². The highest BCUT2D eigenvalue weighted by molar-refractivity contribution is 9.10. The smallest absolute Gasteiger partial charge is 0.134 e. The highest BCUT2D eigenvalue weighted by Gasteiger charge is 2.22. The average molecular weight is 281 g/mol. The number of fused-ring (bicyclic) bond motifs is 1. The molecule has 1 aliphatic rings. The first-order chi connectivity index (χ1) is 7.77. The zero-order valence-corrected chi connectivity index (χ0v) is 10.7. The van der Waals surface area contributed by atoms with E-state index in [1.54, 1.807) is 0 Å². The van der Waals surface area contributed by atoms with Gasteiger partial charge in [-0.3, -0.25) is 9.38 Å². The molecule has 16 heavy (non-hydrogen) atoms. The molecule has 1 atom stereocenters. The second kappa shape index (κ2) is 3.82. The van der Waals surface area contributed by atoms with Crippen LogP contribution in [0.5, 0.6) is 0 Å². The van der Waals surface area contributed by atoms with Crippen molar-refractivity contribution in [1.82, 2.24) is 19.7 Å². The summed E-state index contributed by atoms with van der Waals surface area (Å²) in [5.74, 6) is 1.09. The molecule has 3 rings (SSSR count). The molecular weight excluding hydrogens is 268 g/mol. The highest BCUT2D eigenvalue weighted by atomic mass is 79.9. The van der Waals surface area contributed by atoms with Crippen molar-refractivity contribution >= 4 is 21.4 Å². The zero-order valence-electron chi connectivity index (χ0n) is 9.07. The molecule has 0 unspecified atom stereocenters. The topological polar surface area (TPSA) is 42.2 Å². The van der Waals surface area contributed by atoms with Crippen molar-refractivity contribution in [3.8, 4) is 0 Å². The highest BCUT2D eigenvalue weighted by Crippen LogP contribution is 2.28. The molecule has 5 heteroatoms. The van der Waals surface area contributed by atoms with Crippen LogP contribution in [0.2, 0.25) is 0 Å². The van der Waals surface area contributed by atoms with Gasteiger partial charge in [-0.2, -0.15) is 0 Å². The summed E-state index contributed by atoms with van der Waals surface area (Å²) in [6, 6.07) is 0.376. The number of rotatable bonds is 1. The van der Waals surface area contributed by atoms with Gasteiger partial charge >= 0.3 is 0 Å². The summed E-state index contributed by atoms with van der Waals surface area (Å²) in [7, 11) is 0. The summed E-state index contributed by atoms with van der Waals surface area (Å²) in [5, 5.41) is 3.47. The third-order valence-electron chi connectivity index (χ3n) is 3.09. The normalized spacial score (nSPS) is 20.8. The molecule has 0 aliphatic carbocycles. The van der Waals surface area contributed by atoms with Gasteiger partial charge in [-0.05, 0) is 42.2 Å². The van der Waals surface area contributed by atoms with Gasteiger partial charge in [-0.1, -0.05) is 0 Å². The molecule has 1 fully saturated rings. The van der Waals surface area contributed by atoms with Gasteiger partial charge in [0.25, 0.3) is 0 Å². The quantitative estimate of drug-likeness (QED) is 0.871. The predicted octanol–water partition coefficient (Wildman–Crippen LogP) is 2.22. The maximum atomic E-state index is 4.61. The lowest BCUT2D eigenvalue weighted by atomic mass is 10.2. The number of hydrogen-bond acceptors (Lipinski definition) is 3. The van der Waals surface area contributed by atoms with Crippen molar-refractivity contribution in [2.24, 2.45) is 0 Å². The van der Waals surface area contributed by atoms with Crippen LogP contribution in [0.3, 0.4) is 0 Å². The number of aromatic nitrogens is 3. The van der Waals surface area contributed by atoms with Crippen LogP contribution in [0.4, 0.5) is 0 Å². The molecule has 1 N–H and O–H groups in total. The Hall–Kier alpha value is -0.940. The summed E-state index contributed by atoms with van der Waals surface area (Å²) in [5.41, 5.74) is 2.08. The van der Waals surface area contributed by atoms with Gasteiger partial charge in [0.05, 0.1) is 11.7 Å². The third kappa shape index (κ3) is 1.46. The predicted molar refractivity (Wildman–Crippen MR) is 65.4 cm³/mol. The fraction of sp³-hybridized carbons (Fsp3) is 0.455. The van der Waals surface area contributed by atoms with Gasteiger partial charge in [0.1, 0.15) is 15.9 Å². The third-order valence-corrected chi connectivity index (χ3v) is 3.65. The van der Waals surface area contributed by atoms with Gasteiger partial charge in [0.2, 0.25) is 0 Å². The fourth-order valence-corrected chi connectivity index (χ4v) is 2.98. The van der Waals surface area contributed by atoms with E-state index >= 15 is 0 Å². The summed E-state index contributed by atoms with van der Waals surface area (Å²) in [6.45, 7) is 3.09. The molecule has 0 spiro atoms. The number of nitrogens with zero attached hydrogens (tertiary/aromatic N) is 3. The molecule has 0 saturated carbocycles. The summed E-state index contributed by atoms with van der Waals surface area (Å²) < 4.78 is 3.02. The van der Waals surface area contributed by atoms with E-state index in [2.05, 4.69) is 35.6 Å².